The Morgan fingerprint density at radius 2 is 1.92 bits per heavy atom. The van der Waals surface area contributed by atoms with Gasteiger partial charge in [0.05, 0.1) is 5.92 Å². The molecule has 1 aromatic carbocycles. The quantitative estimate of drug-likeness (QED) is 0.819. The van der Waals surface area contributed by atoms with Crippen LogP contribution in [0.1, 0.15) is 69.2 Å². The predicted octanol–water partition coefficient (Wildman–Crippen LogP) is 4.37. The number of amides is 1. The van der Waals surface area contributed by atoms with Crippen LogP contribution in [0.4, 0.5) is 0 Å². The SMILES string of the molecule is CC(C)c1ccc(-c2noc(C3CCCN(C(=O)C4CCC4)C3)n2)cc1. The second kappa shape index (κ2) is 7.22. The summed E-state index contributed by atoms with van der Waals surface area (Å²) in [4.78, 5) is 19.2. The lowest BCUT2D eigenvalue weighted by Gasteiger charge is -2.36. The van der Waals surface area contributed by atoms with Crippen molar-refractivity contribution in [2.24, 2.45) is 5.92 Å². The number of carbonyl (C=O) groups is 1. The minimum atomic E-state index is 0.156. The van der Waals surface area contributed by atoms with Gasteiger partial charge in [-0.05, 0) is 37.2 Å². The topological polar surface area (TPSA) is 59.2 Å². The molecule has 1 unspecified atom stereocenters. The van der Waals surface area contributed by atoms with Crippen molar-refractivity contribution in [1.29, 1.82) is 0 Å². The first-order valence-electron chi connectivity index (χ1n) is 9.84. The largest absolute Gasteiger partial charge is 0.342 e. The molecule has 1 aromatic heterocycles. The molecule has 0 bridgehead atoms. The van der Waals surface area contributed by atoms with Gasteiger partial charge in [-0.15, -0.1) is 0 Å². The van der Waals surface area contributed by atoms with E-state index in [0.29, 0.717) is 30.1 Å². The lowest BCUT2D eigenvalue weighted by Crippen LogP contribution is -2.44. The molecular weight excluding hydrogens is 326 g/mol. The van der Waals surface area contributed by atoms with Crippen LogP contribution >= 0.6 is 0 Å². The number of rotatable bonds is 4. The Morgan fingerprint density at radius 1 is 1.15 bits per heavy atom. The molecule has 5 heteroatoms. The van der Waals surface area contributed by atoms with Crippen LogP contribution in [0.2, 0.25) is 0 Å². The zero-order valence-corrected chi connectivity index (χ0v) is 15.6. The van der Waals surface area contributed by atoms with E-state index in [1.165, 1.54) is 12.0 Å². The van der Waals surface area contributed by atoms with Gasteiger partial charge in [0.1, 0.15) is 0 Å². The van der Waals surface area contributed by atoms with Crippen LogP contribution in [0, 0.1) is 5.92 Å². The smallest absolute Gasteiger partial charge is 0.231 e. The first-order valence-corrected chi connectivity index (χ1v) is 9.84. The summed E-state index contributed by atoms with van der Waals surface area (Å²) in [6.45, 7) is 5.94. The van der Waals surface area contributed by atoms with Crippen LogP contribution in [0.15, 0.2) is 28.8 Å². The van der Waals surface area contributed by atoms with Gasteiger partial charge in [0, 0.05) is 24.6 Å². The second-order valence-corrected chi connectivity index (χ2v) is 7.98. The third-order valence-electron chi connectivity index (χ3n) is 5.81. The third-order valence-corrected chi connectivity index (χ3v) is 5.81. The lowest BCUT2D eigenvalue weighted by molar-refractivity contribution is -0.139. The van der Waals surface area contributed by atoms with Crippen molar-refractivity contribution in [2.75, 3.05) is 13.1 Å². The van der Waals surface area contributed by atoms with E-state index >= 15 is 0 Å². The van der Waals surface area contributed by atoms with Crippen LogP contribution < -0.4 is 0 Å². The maximum Gasteiger partial charge on any atom is 0.231 e. The molecule has 0 N–H and O–H groups in total. The van der Waals surface area contributed by atoms with Crippen LogP contribution in [0.25, 0.3) is 11.4 Å². The van der Waals surface area contributed by atoms with Gasteiger partial charge in [0.15, 0.2) is 0 Å². The number of likely N-dealkylation sites (tertiary alicyclic amines) is 1. The first kappa shape index (κ1) is 17.3. The highest BCUT2D eigenvalue weighted by Gasteiger charge is 2.34. The molecule has 138 valence electrons. The molecule has 2 heterocycles. The van der Waals surface area contributed by atoms with E-state index in [4.69, 9.17) is 4.52 Å². The molecule has 1 amide bonds. The van der Waals surface area contributed by atoms with Crippen molar-refractivity contribution in [3.8, 4) is 11.4 Å². The van der Waals surface area contributed by atoms with Crippen molar-refractivity contribution in [1.82, 2.24) is 15.0 Å². The first-order chi connectivity index (χ1) is 12.6. The molecule has 1 saturated carbocycles. The molecule has 2 fully saturated rings. The van der Waals surface area contributed by atoms with E-state index in [1.54, 1.807) is 0 Å². The van der Waals surface area contributed by atoms with E-state index in [2.05, 4.69) is 48.3 Å². The van der Waals surface area contributed by atoms with Crippen LogP contribution in [-0.2, 0) is 4.79 Å². The normalized spacial score (nSPS) is 21.0. The molecule has 0 radical (unpaired) electrons. The van der Waals surface area contributed by atoms with Crippen LogP contribution in [-0.4, -0.2) is 34.0 Å². The summed E-state index contributed by atoms with van der Waals surface area (Å²) in [6.07, 6.45) is 5.30. The summed E-state index contributed by atoms with van der Waals surface area (Å²) in [5, 5.41) is 4.18. The minimum absolute atomic E-state index is 0.156. The monoisotopic (exact) mass is 353 g/mol. The van der Waals surface area contributed by atoms with Crippen molar-refractivity contribution in [3.05, 3.63) is 35.7 Å². The van der Waals surface area contributed by atoms with Crippen LogP contribution in [0.5, 0.6) is 0 Å². The van der Waals surface area contributed by atoms with Crippen molar-refractivity contribution >= 4 is 5.91 Å². The average Bonchev–Trinajstić information content (AvgIpc) is 3.10. The van der Waals surface area contributed by atoms with Crippen LogP contribution in [0.3, 0.4) is 0 Å². The highest BCUT2D eigenvalue weighted by molar-refractivity contribution is 5.79. The Labute approximate surface area is 154 Å². The number of aromatic nitrogens is 2. The van der Waals surface area contributed by atoms with Gasteiger partial charge in [0.2, 0.25) is 17.6 Å². The van der Waals surface area contributed by atoms with E-state index in [9.17, 15) is 4.79 Å². The molecule has 4 rings (SSSR count). The molecule has 1 saturated heterocycles. The minimum Gasteiger partial charge on any atom is -0.342 e. The van der Waals surface area contributed by atoms with Gasteiger partial charge >= 0.3 is 0 Å². The molecule has 2 aliphatic rings. The van der Waals surface area contributed by atoms with Gasteiger partial charge in [-0.3, -0.25) is 4.79 Å². The van der Waals surface area contributed by atoms with E-state index < -0.39 is 0 Å². The molecule has 26 heavy (non-hydrogen) atoms. The summed E-state index contributed by atoms with van der Waals surface area (Å²) >= 11 is 0. The maximum absolute atomic E-state index is 12.5. The summed E-state index contributed by atoms with van der Waals surface area (Å²) < 4.78 is 5.57. The Balaban J connectivity index is 1.45. The Morgan fingerprint density at radius 3 is 2.58 bits per heavy atom. The van der Waals surface area contributed by atoms with Crippen molar-refractivity contribution < 1.29 is 9.32 Å². The van der Waals surface area contributed by atoms with Crippen molar-refractivity contribution in [3.63, 3.8) is 0 Å². The summed E-state index contributed by atoms with van der Waals surface area (Å²) in [7, 11) is 0. The fourth-order valence-corrected chi connectivity index (χ4v) is 3.83. The van der Waals surface area contributed by atoms with Gasteiger partial charge in [-0.2, -0.15) is 4.98 Å². The van der Waals surface area contributed by atoms with Gasteiger partial charge in [-0.25, -0.2) is 0 Å². The molecule has 2 aromatic rings. The zero-order chi connectivity index (χ0) is 18.1. The second-order valence-electron chi connectivity index (χ2n) is 7.98. The van der Waals surface area contributed by atoms with Gasteiger partial charge in [0.25, 0.3) is 0 Å². The molecule has 5 nitrogen and oxygen atoms in total. The molecule has 0 spiro atoms. The molecule has 1 atom stereocenters. The summed E-state index contributed by atoms with van der Waals surface area (Å²) in [5.41, 5.74) is 2.28. The lowest BCUT2D eigenvalue weighted by atomic mass is 9.83. The highest BCUT2D eigenvalue weighted by Crippen LogP contribution is 2.32. The summed E-state index contributed by atoms with van der Waals surface area (Å²) in [5.74, 6) is 2.54. The van der Waals surface area contributed by atoms with Crippen molar-refractivity contribution in [2.45, 2.75) is 57.8 Å². The van der Waals surface area contributed by atoms with E-state index in [0.717, 1.165) is 37.8 Å². The number of hydrogen-bond donors (Lipinski definition) is 0. The predicted molar refractivity (Wildman–Crippen MR) is 99.7 cm³/mol. The zero-order valence-electron chi connectivity index (χ0n) is 15.6. The average molecular weight is 353 g/mol. The Kier molecular flexibility index (Phi) is 4.79. The summed E-state index contributed by atoms with van der Waals surface area (Å²) in [6, 6.07) is 8.35. The van der Waals surface area contributed by atoms with Gasteiger partial charge < -0.3 is 9.42 Å². The standard InChI is InChI=1S/C21H27N3O2/c1-14(2)15-8-10-16(11-9-15)19-22-20(26-23-19)18-7-4-12-24(13-18)21(25)17-5-3-6-17/h8-11,14,17-18H,3-7,12-13H2,1-2H3. The van der Waals surface area contributed by atoms with Gasteiger partial charge in [-0.1, -0.05) is 49.7 Å². The number of hydrogen-bond acceptors (Lipinski definition) is 4. The fourth-order valence-electron chi connectivity index (χ4n) is 3.83. The highest BCUT2D eigenvalue weighted by atomic mass is 16.5. The van der Waals surface area contributed by atoms with E-state index in [1.807, 2.05) is 4.90 Å². The number of piperidine rings is 1. The number of benzene rings is 1. The fraction of sp³-hybridized carbons (Fsp3) is 0.571. The molecule has 1 aliphatic carbocycles. The number of nitrogens with zero attached hydrogens (tertiary/aromatic N) is 3. The molecule has 1 aliphatic heterocycles. The number of carbonyl (C=O) groups excluding carboxylic acids is 1. The Hall–Kier alpha value is -2.17. The van der Waals surface area contributed by atoms with E-state index in [-0.39, 0.29) is 11.8 Å². The maximum atomic E-state index is 12.5. The Bertz CT molecular complexity index is 762. The molecular formula is C21H27N3O2. The third kappa shape index (κ3) is 3.39.